The molecule has 0 aromatic heterocycles. The summed E-state index contributed by atoms with van der Waals surface area (Å²) >= 11 is 5.88. The number of likely N-dealkylation sites (tertiary alicyclic amines) is 2. The van der Waals surface area contributed by atoms with E-state index in [-0.39, 0.29) is 5.91 Å². The highest BCUT2D eigenvalue weighted by Gasteiger charge is 2.27. The van der Waals surface area contributed by atoms with Crippen LogP contribution in [0.3, 0.4) is 0 Å². The molecule has 0 N–H and O–H groups in total. The largest absolute Gasteiger partial charge is 0.375 e. The molecule has 2 saturated heterocycles. The van der Waals surface area contributed by atoms with E-state index in [1.54, 1.807) is 24.3 Å². The fourth-order valence-electron chi connectivity index (χ4n) is 3.36. The summed E-state index contributed by atoms with van der Waals surface area (Å²) in [5.41, 5.74) is 0.712. The van der Waals surface area contributed by atoms with Crippen molar-refractivity contribution in [1.82, 2.24) is 9.80 Å². The summed E-state index contributed by atoms with van der Waals surface area (Å²) < 4.78 is 6.25. The van der Waals surface area contributed by atoms with Gasteiger partial charge in [-0.2, -0.15) is 0 Å². The average molecular weight is 337 g/mol. The van der Waals surface area contributed by atoms with Gasteiger partial charge in [-0.05, 0) is 57.0 Å². The third kappa shape index (κ3) is 4.46. The molecule has 0 aliphatic carbocycles. The van der Waals surface area contributed by atoms with Crippen LogP contribution >= 0.6 is 11.6 Å². The molecule has 0 spiro atoms. The minimum atomic E-state index is 0.0967. The van der Waals surface area contributed by atoms with Crippen LogP contribution in [0.4, 0.5) is 0 Å². The quantitative estimate of drug-likeness (QED) is 0.850. The van der Waals surface area contributed by atoms with E-state index in [9.17, 15) is 4.79 Å². The van der Waals surface area contributed by atoms with Crippen molar-refractivity contribution in [2.45, 2.75) is 37.9 Å². The summed E-state index contributed by atoms with van der Waals surface area (Å²) in [6.45, 7) is 3.80. The molecule has 0 unspecified atom stereocenters. The van der Waals surface area contributed by atoms with Gasteiger partial charge in [-0.3, -0.25) is 4.79 Å². The maximum atomic E-state index is 12.5. The third-order valence-corrected chi connectivity index (χ3v) is 5.12. The van der Waals surface area contributed by atoms with Crippen LogP contribution in [-0.4, -0.2) is 61.1 Å². The van der Waals surface area contributed by atoms with Crippen LogP contribution in [0.2, 0.25) is 5.02 Å². The summed E-state index contributed by atoms with van der Waals surface area (Å²) in [6, 6.07) is 7.13. The predicted molar refractivity (Wildman–Crippen MR) is 92.0 cm³/mol. The summed E-state index contributed by atoms with van der Waals surface area (Å²) in [4.78, 5) is 16.8. The van der Waals surface area contributed by atoms with Crippen LogP contribution < -0.4 is 0 Å². The Labute approximate surface area is 143 Å². The number of nitrogens with zero attached hydrogens (tertiary/aromatic N) is 2. The van der Waals surface area contributed by atoms with Gasteiger partial charge in [0.1, 0.15) is 0 Å². The number of halogens is 1. The molecule has 3 rings (SSSR count). The monoisotopic (exact) mass is 336 g/mol. The van der Waals surface area contributed by atoms with E-state index in [1.807, 2.05) is 4.90 Å². The maximum Gasteiger partial charge on any atom is 0.253 e. The van der Waals surface area contributed by atoms with Crippen molar-refractivity contribution in [3.8, 4) is 0 Å². The Kier molecular flexibility index (Phi) is 5.57. The maximum absolute atomic E-state index is 12.5. The number of amides is 1. The fraction of sp³-hybridized carbons (Fsp3) is 0.611. The van der Waals surface area contributed by atoms with Crippen LogP contribution in [0, 0.1) is 0 Å². The second-order valence-electron chi connectivity index (χ2n) is 6.64. The van der Waals surface area contributed by atoms with E-state index in [4.69, 9.17) is 16.3 Å². The molecule has 2 heterocycles. The second kappa shape index (κ2) is 7.65. The standard InChI is InChI=1S/C18H25ClN2O2/c1-20-10-6-16(7-11-20)23-17-8-12-21(13-9-17)18(22)14-2-4-15(19)5-3-14/h2-5,16-17H,6-13H2,1H3. The van der Waals surface area contributed by atoms with Gasteiger partial charge >= 0.3 is 0 Å². The lowest BCUT2D eigenvalue weighted by atomic mass is 10.0. The van der Waals surface area contributed by atoms with Gasteiger partial charge in [0.2, 0.25) is 0 Å². The number of piperidine rings is 2. The zero-order valence-corrected chi connectivity index (χ0v) is 14.5. The molecule has 1 amide bonds. The zero-order valence-electron chi connectivity index (χ0n) is 13.7. The van der Waals surface area contributed by atoms with Crippen molar-refractivity contribution in [3.63, 3.8) is 0 Å². The van der Waals surface area contributed by atoms with Gasteiger partial charge in [0.15, 0.2) is 0 Å². The molecule has 2 aliphatic heterocycles. The van der Waals surface area contributed by atoms with Crippen LogP contribution in [0.25, 0.3) is 0 Å². The predicted octanol–water partition coefficient (Wildman–Crippen LogP) is 3.06. The minimum absolute atomic E-state index is 0.0967. The van der Waals surface area contributed by atoms with Crippen molar-refractivity contribution in [3.05, 3.63) is 34.9 Å². The van der Waals surface area contributed by atoms with E-state index in [0.29, 0.717) is 22.8 Å². The molecule has 1 aromatic carbocycles. The molecule has 0 radical (unpaired) electrons. The number of ether oxygens (including phenoxy) is 1. The Balaban J connectivity index is 1.46. The van der Waals surface area contributed by atoms with E-state index in [2.05, 4.69) is 11.9 Å². The van der Waals surface area contributed by atoms with Crippen molar-refractivity contribution >= 4 is 17.5 Å². The van der Waals surface area contributed by atoms with Crippen molar-refractivity contribution < 1.29 is 9.53 Å². The normalized spacial score (nSPS) is 21.6. The summed E-state index contributed by atoms with van der Waals surface area (Å²) in [6.07, 6.45) is 4.82. The number of rotatable bonds is 3. The lowest BCUT2D eigenvalue weighted by Crippen LogP contribution is -2.43. The summed E-state index contributed by atoms with van der Waals surface area (Å²) in [5.74, 6) is 0.0967. The Hall–Kier alpha value is -1.10. The lowest BCUT2D eigenvalue weighted by molar-refractivity contribution is -0.0599. The zero-order chi connectivity index (χ0) is 16.2. The average Bonchev–Trinajstić information content (AvgIpc) is 2.58. The van der Waals surface area contributed by atoms with Gasteiger partial charge in [0, 0.05) is 36.8 Å². The second-order valence-corrected chi connectivity index (χ2v) is 7.07. The van der Waals surface area contributed by atoms with Gasteiger partial charge in [-0.25, -0.2) is 0 Å². The molecule has 23 heavy (non-hydrogen) atoms. The molecule has 5 heteroatoms. The molecular weight excluding hydrogens is 312 g/mol. The van der Waals surface area contributed by atoms with Crippen molar-refractivity contribution in [2.24, 2.45) is 0 Å². The van der Waals surface area contributed by atoms with Gasteiger partial charge in [0.05, 0.1) is 12.2 Å². The van der Waals surface area contributed by atoms with Gasteiger partial charge in [-0.1, -0.05) is 11.6 Å². The Morgan fingerprint density at radius 3 is 2.09 bits per heavy atom. The molecule has 0 atom stereocenters. The van der Waals surface area contributed by atoms with Crippen LogP contribution in [-0.2, 0) is 4.74 Å². The number of benzene rings is 1. The molecule has 0 saturated carbocycles. The lowest BCUT2D eigenvalue weighted by Gasteiger charge is -2.36. The summed E-state index contributed by atoms with van der Waals surface area (Å²) in [7, 11) is 2.16. The van der Waals surface area contributed by atoms with Gasteiger partial charge in [-0.15, -0.1) is 0 Å². The SMILES string of the molecule is CN1CCC(OC2CCN(C(=O)c3ccc(Cl)cc3)CC2)CC1. The number of carbonyl (C=O) groups is 1. The molecule has 1 aromatic rings. The minimum Gasteiger partial charge on any atom is -0.375 e. The van der Waals surface area contributed by atoms with E-state index < -0.39 is 0 Å². The highest BCUT2D eigenvalue weighted by atomic mass is 35.5. The van der Waals surface area contributed by atoms with Crippen molar-refractivity contribution in [1.29, 1.82) is 0 Å². The van der Waals surface area contributed by atoms with E-state index in [0.717, 1.165) is 51.9 Å². The molecule has 0 bridgehead atoms. The highest BCUT2D eigenvalue weighted by Crippen LogP contribution is 2.22. The molecule has 2 fully saturated rings. The van der Waals surface area contributed by atoms with Gasteiger partial charge < -0.3 is 14.5 Å². The number of hydrogen-bond acceptors (Lipinski definition) is 3. The Morgan fingerprint density at radius 2 is 1.52 bits per heavy atom. The first-order chi connectivity index (χ1) is 11.1. The summed E-state index contributed by atoms with van der Waals surface area (Å²) in [5, 5.41) is 0.659. The number of hydrogen-bond donors (Lipinski definition) is 0. The molecule has 2 aliphatic rings. The van der Waals surface area contributed by atoms with Crippen LogP contribution in [0.1, 0.15) is 36.0 Å². The van der Waals surface area contributed by atoms with Gasteiger partial charge in [0.25, 0.3) is 5.91 Å². The fourth-order valence-corrected chi connectivity index (χ4v) is 3.49. The topological polar surface area (TPSA) is 32.8 Å². The van der Waals surface area contributed by atoms with Crippen LogP contribution in [0.15, 0.2) is 24.3 Å². The first-order valence-electron chi connectivity index (χ1n) is 8.50. The van der Waals surface area contributed by atoms with E-state index in [1.165, 1.54) is 0 Å². The Bertz CT molecular complexity index is 518. The number of carbonyl (C=O) groups excluding carboxylic acids is 1. The molecule has 4 nitrogen and oxygen atoms in total. The van der Waals surface area contributed by atoms with Crippen LogP contribution in [0.5, 0.6) is 0 Å². The first-order valence-corrected chi connectivity index (χ1v) is 8.88. The smallest absolute Gasteiger partial charge is 0.253 e. The molecule has 126 valence electrons. The first kappa shape index (κ1) is 16.7. The van der Waals surface area contributed by atoms with Crippen molar-refractivity contribution in [2.75, 3.05) is 33.2 Å². The van der Waals surface area contributed by atoms with E-state index >= 15 is 0 Å². The molecular formula is C18H25ClN2O2. The highest BCUT2D eigenvalue weighted by molar-refractivity contribution is 6.30. The Morgan fingerprint density at radius 1 is 1.00 bits per heavy atom. The third-order valence-electron chi connectivity index (χ3n) is 4.87.